The third-order valence-corrected chi connectivity index (χ3v) is 10.2. The number of nitrogens with zero attached hydrogens (tertiary/aromatic N) is 3. The summed E-state index contributed by atoms with van der Waals surface area (Å²) in [5.74, 6) is -6.61. The fourth-order valence-electron chi connectivity index (χ4n) is 6.79. The van der Waals surface area contributed by atoms with Crippen molar-refractivity contribution in [1.82, 2.24) is 52.1 Å². The van der Waals surface area contributed by atoms with Gasteiger partial charge < -0.3 is 86.6 Å². The van der Waals surface area contributed by atoms with Gasteiger partial charge in [-0.2, -0.15) is 0 Å². The molecule has 1 aromatic rings. The van der Waals surface area contributed by atoms with Crippen LogP contribution in [0.25, 0.3) is 0 Å². The number of aliphatic imine (C=N–C) groups is 1. The van der Waals surface area contributed by atoms with E-state index in [9.17, 15) is 48.3 Å². The van der Waals surface area contributed by atoms with Crippen LogP contribution in [0.1, 0.15) is 76.8 Å². The number of aromatic nitrogens is 2. The fraction of sp³-hybridized carbons (Fsp3) is 0.625. The Morgan fingerprint density at radius 3 is 2.16 bits per heavy atom. The Morgan fingerprint density at radius 1 is 0.851 bits per heavy atom. The van der Waals surface area contributed by atoms with Crippen molar-refractivity contribution >= 4 is 59.1 Å². The van der Waals surface area contributed by atoms with Crippen LogP contribution in [0.2, 0.25) is 0 Å². The molecule has 1 aliphatic rings. The maximum Gasteiger partial charge on any atom is 0.264 e. The van der Waals surface area contributed by atoms with Gasteiger partial charge in [0.15, 0.2) is 5.96 Å². The van der Waals surface area contributed by atoms with E-state index >= 15 is 0 Å². The van der Waals surface area contributed by atoms with Gasteiger partial charge in [-0.05, 0) is 70.9 Å². The number of aliphatic hydroxyl groups is 1. The number of nitrogens with two attached hydrogens (primary N) is 6. The summed E-state index contributed by atoms with van der Waals surface area (Å²) in [6, 6.07) is -6.00. The van der Waals surface area contributed by atoms with Gasteiger partial charge in [-0.3, -0.25) is 48.1 Å². The zero-order chi connectivity index (χ0) is 49.9. The Kier molecular flexibility index (Phi) is 25.7. The first-order valence-electron chi connectivity index (χ1n) is 22.0. The highest BCUT2D eigenvalue weighted by molar-refractivity contribution is 6.00. The number of hydrogen-bond acceptors (Lipinski definition) is 15. The second-order valence-electron chi connectivity index (χ2n) is 15.7. The molecule has 0 saturated carbocycles. The minimum atomic E-state index is -1.31. The molecule has 27 nitrogen and oxygen atoms in total. The van der Waals surface area contributed by atoms with Crippen LogP contribution in [0.4, 0.5) is 0 Å². The van der Waals surface area contributed by atoms with E-state index in [1.807, 2.05) is 0 Å². The van der Waals surface area contributed by atoms with Crippen molar-refractivity contribution in [2.24, 2.45) is 39.4 Å². The van der Waals surface area contributed by atoms with Crippen molar-refractivity contribution < 1.29 is 48.3 Å². The minimum absolute atomic E-state index is 0.00246. The van der Waals surface area contributed by atoms with Gasteiger partial charge in [0.25, 0.3) is 5.91 Å². The number of hydrogen-bond donors (Lipinski definition) is 15. The number of carbonyl (C=O) groups is 9. The SMILES string of the molecule is CC(=O)NCC[C@H](NC(=O)C[C@@H](O)CN)C(=O)NCC(=O)N[C@H](CCCN)C(=O)N1CCC[C@H]1C(=O)N[C@@H](Cc1cnc[nH]1)C(=O)N[C@@H](CCCCN)C(=O)N/C(=C\CCN=C(N)N)C(N)=O. The van der Waals surface area contributed by atoms with Gasteiger partial charge in [-0.25, -0.2) is 4.98 Å². The van der Waals surface area contributed by atoms with Crippen molar-refractivity contribution in [3.63, 3.8) is 0 Å². The quantitative estimate of drug-likeness (QED) is 0.0142. The first-order chi connectivity index (χ1) is 31.9. The monoisotopic (exact) mass is 948 g/mol. The summed E-state index contributed by atoms with van der Waals surface area (Å²) < 4.78 is 0. The molecular formula is C40H69N17O10. The summed E-state index contributed by atoms with van der Waals surface area (Å²) in [4.78, 5) is 130. The molecule has 1 aromatic heterocycles. The topological polar surface area (TPSA) is 458 Å². The second kappa shape index (κ2) is 30.5. The van der Waals surface area contributed by atoms with Crippen LogP contribution >= 0.6 is 0 Å². The number of H-pyrrole nitrogens is 1. The van der Waals surface area contributed by atoms with Crippen LogP contribution in [-0.4, -0.2) is 161 Å². The molecule has 1 fully saturated rings. The van der Waals surface area contributed by atoms with E-state index < -0.39 is 96.5 Å². The molecular weight excluding hydrogens is 879 g/mol. The molecule has 0 unspecified atom stereocenters. The number of carbonyl (C=O) groups excluding carboxylic acids is 9. The molecule has 9 amide bonds. The van der Waals surface area contributed by atoms with Crippen LogP contribution in [0.3, 0.4) is 0 Å². The predicted octanol–water partition coefficient (Wildman–Crippen LogP) is -6.75. The van der Waals surface area contributed by atoms with Crippen molar-refractivity contribution in [3.05, 3.63) is 30.0 Å². The molecule has 21 N–H and O–H groups in total. The van der Waals surface area contributed by atoms with E-state index in [0.29, 0.717) is 37.9 Å². The Hall–Kier alpha value is -6.71. The van der Waals surface area contributed by atoms with Gasteiger partial charge in [0.1, 0.15) is 35.9 Å². The van der Waals surface area contributed by atoms with E-state index in [1.54, 1.807) is 0 Å². The highest BCUT2D eigenvalue weighted by Gasteiger charge is 2.39. The number of amides is 9. The van der Waals surface area contributed by atoms with Crippen LogP contribution in [0.5, 0.6) is 0 Å². The van der Waals surface area contributed by atoms with Crippen molar-refractivity contribution in [2.45, 2.75) is 114 Å². The summed E-state index contributed by atoms with van der Waals surface area (Å²) in [5.41, 5.74) is 33.2. The number of rotatable bonds is 31. The van der Waals surface area contributed by atoms with E-state index in [1.165, 1.54) is 30.4 Å². The summed E-state index contributed by atoms with van der Waals surface area (Å²) >= 11 is 0. The van der Waals surface area contributed by atoms with Gasteiger partial charge in [0, 0.05) is 51.4 Å². The Balaban J connectivity index is 2.26. The number of primary amides is 1. The lowest BCUT2D eigenvalue weighted by Crippen LogP contribution is -2.58. The number of imidazole rings is 1. The van der Waals surface area contributed by atoms with E-state index in [-0.39, 0.29) is 88.8 Å². The zero-order valence-corrected chi connectivity index (χ0v) is 37.9. The Bertz CT molecular complexity index is 1870. The zero-order valence-electron chi connectivity index (χ0n) is 37.9. The van der Waals surface area contributed by atoms with E-state index in [0.717, 1.165) is 0 Å². The second-order valence-corrected chi connectivity index (χ2v) is 15.7. The van der Waals surface area contributed by atoms with Crippen LogP contribution in [0, 0.1) is 0 Å². The fourth-order valence-corrected chi connectivity index (χ4v) is 6.79. The average molecular weight is 948 g/mol. The first kappa shape index (κ1) is 56.4. The molecule has 67 heavy (non-hydrogen) atoms. The minimum Gasteiger partial charge on any atom is -0.391 e. The number of aliphatic hydroxyl groups excluding tert-OH is 1. The molecule has 2 heterocycles. The van der Waals surface area contributed by atoms with Gasteiger partial charge in [-0.15, -0.1) is 0 Å². The third kappa shape index (κ3) is 21.4. The van der Waals surface area contributed by atoms with Gasteiger partial charge in [0.05, 0.1) is 25.4 Å². The van der Waals surface area contributed by atoms with Crippen LogP contribution < -0.4 is 71.6 Å². The third-order valence-electron chi connectivity index (χ3n) is 10.2. The standard InChI is InChI=1S/C40H69N17O10/c1-23(58)48-15-11-28(52-32(60)18-25(59)19-43)35(63)50-21-33(61)53-29(8-4-13-42)39(67)57-16-6-10-31(57)38(66)56-30(17-24-20-47-22-51-24)37(65)55-27(7-2-3-12-41)36(64)54-26(34(44)62)9-5-14-49-40(45)46/h9,20,22,25,27-31,59H,2-8,10-19,21,41-43H2,1H3,(H2,44,62)(H,47,51)(H,48,58)(H,50,63)(H,52,60)(H,53,61)(H,54,64)(H,55,65)(H,56,66)(H4,45,46,49)/b26-9-/t25-,27+,28+,29-,30+,31+/m1/s1. The maximum atomic E-state index is 14.1. The summed E-state index contributed by atoms with van der Waals surface area (Å²) in [6.45, 7) is 1.14. The summed E-state index contributed by atoms with van der Waals surface area (Å²) in [6.07, 6.45) is 4.55. The molecule has 6 atom stereocenters. The molecule has 0 aliphatic carbocycles. The lowest BCUT2D eigenvalue weighted by atomic mass is 10.1. The van der Waals surface area contributed by atoms with Gasteiger partial charge in [0.2, 0.25) is 47.3 Å². The van der Waals surface area contributed by atoms with Crippen LogP contribution in [-0.2, 0) is 49.6 Å². The molecule has 1 saturated heterocycles. The predicted molar refractivity (Wildman–Crippen MR) is 243 cm³/mol. The highest BCUT2D eigenvalue weighted by atomic mass is 16.3. The van der Waals surface area contributed by atoms with E-state index in [2.05, 4.69) is 52.2 Å². The Labute approximate surface area is 387 Å². The molecule has 0 bridgehead atoms. The Morgan fingerprint density at radius 2 is 1.54 bits per heavy atom. The molecule has 27 heteroatoms. The number of unbranched alkanes of at least 4 members (excludes halogenated alkanes) is 1. The maximum absolute atomic E-state index is 14.1. The molecule has 2 rings (SSSR count). The van der Waals surface area contributed by atoms with Gasteiger partial charge in [-0.1, -0.05) is 6.08 Å². The number of guanidine groups is 1. The average Bonchev–Trinajstić information content (AvgIpc) is 3.99. The molecule has 0 aromatic carbocycles. The largest absolute Gasteiger partial charge is 0.391 e. The lowest BCUT2D eigenvalue weighted by Gasteiger charge is -2.30. The van der Waals surface area contributed by atoms with Crippen molar-refractivity contribution in [2.75, 3.05) is 45.8 Å². The highest BCUT2D eigenvalue weighted by Crippen LogP contribution is 2.20. The first-order valence-corrected chi connectivity index (χ1v) is 22.0. The number of aromatic amines is 1. The lowest BCUT2D eigenvalue weighted by molar-refractivity contribution is -0.142. The number of likely N-dealkylation sites (tertiary alicyclic amines) is 1. The molecule has 0 spiro atoms. The van der Waals surface area contributed by atoms with Gasteiger partial charge >= 0.3 is 0 Å². The summed E-state index contributed by atoms with van der Waals surface area (Å²) in [7, 11) is 0. The smallest absolute Gasteiger partial charge is 0.264 e. The summed E-state index contributed by atoms with van der Waals surface area (Å²) in [5, 5.41) is 27.6. The number of nitrogens with one attached hydrogen (secondary N) is 8. The molecule has 374 valence electrons. The molecule has 0 radical (unpaired) electrons. The van der Waals surface area contributed by atoms with Crippen molar-refractivity contribution in [3.8, 4) is 0 Å². The normalized spacial score (nSPS) is 15.7. The van der Waals surface area contributed by atoms with Crippen LogP contribution in [0.15, 0.2) is 29.3 Å². The van der Waals surface area contributed by atoms with E-state index in [4.69, 9.17) is 34.4 Å². The molecule has 1 aliphatic heterocycles. The van der Waals surface area contributed by atoms with Crippen molar-refractivity contribution in [1.29, 1.82) is 0 Å².